The second-order valence-corrected chi connectivity index (χ2v) is 9.73. The first-order valence-corrected chi connectivity index (χ1v) is 10.5. The maximum atomic E-state index is 12.8. The molecule has 132 valence electrons. The normalized spacial score (nSPS) is 35.2. The van der Waals surface area contributed by atoms with E-state index in [2.05, 4.69) is 0 Å². The van der Waals surface area contributed by atoms with Crippen molar-refractivity contribution in [2.75, 3.05) is 25.9 Å². The molecule has 23 heavy (non-hydrogen) atoms. The van der Waals surface area contributed by atoms with Crippen molar-refractivity contribution >= 4 is 15.9 Å². The van der Waals surface area contributed by atoms with Crippen LogP contribution < -0.4 is 5.73 Å². The van der Waals surface area contributed by atoms with Gasteiger partial charge in [0.15, 0.2) is 0 Å². The van der Waals surface area contributed by atoms with Gasteiger partial charge >= 0.3 is 0 Å². The van der Waals surface area contributed by atoms with Crippen LogP contribution in [0.4, 0.5) is 0 Å². The van der Waals surface area contributed by atoms with E-state index in [-0.39, 0.29) is 29.7 Å². The third-order valence-electron chi connectivity index (χ3n) is 6.36. The summed E-state index contributed by atoms with van der Waals surface area (Å²) in [5.41, 5.74) is 6.29. The summed E-state index contributed by atoms with van der Waals surface area (Å²) >= 11 is 0. The van der Waals surface area contributed by atoms with Gasteiger partial charge in [-0.15, -0.1) is 0 Å². The van der Waals surface area contributed by atoms with E-state index < -0.39 is 10.0 Å². The molecule has 2 aliphatic carbocycles. The topological polar surface area (TPSA) is 83.7 Å². The minimum atomic E-state index is -3.16. The van der Waals surface area contributed by atoms with Crippen LogP contribution in [0.25, 0.3) is 0 Å². The third kappa shape index (κ3) is 3.03. The summed E-state index contributed by atoms with van der Waals surface area (Å²) in [6, 6.07) is 0.0415. The van der Waals surface area contributed by atoms with Gasteiger partial charge in [-0.2, -0.15) is 0 Å². The van der Waals surface area contributed by atoms with Crippen molar-refractivity contribution in [2.24, 2.45) is 23.5 Å². The van der Waals surface area contributed by atoms with Gasteiger partial charge in [-0.1, -0.05) is 0 Å². The lowest BCUT2D eigenvalue weighted by atomic mass is 9.83. The fraction of sp³-hybridized carbons (Fsp3) is 0.938. The van der Waals surface area contributed by atoms with Crippen molar-refractivity contribution in [3.05, 3.63) is 0 Å². The van der Waals surface area contributed by atoms with Gasteiger partial charge in [0.2, 0.25) is 15.9 Å². The number of fused-ring (bicyclic) bond motifs is 2. The molecule has 2 N–H and O–H groups in total. The Hall–Kier alpha value is -0.660. The Morgan fingerprint density at radius 1 is 1.17 bits per heavy atom. The monoisotopic (exact) mass is 343 g/mol. The number of hydrogen-bond donors (Lipinski definition) is 1. The van der Waals surface area contributed by atoms with Gasteiger partial charge in [-0.25, -0.2) is 12.7 Å². The minimum Gasteiger partial charge on any atom is -0.342 e. The lowest BCUT2D eigenvalue weighted by molar-refractivity contribution is -0.139. The third-order valence-corrected chi connectivity index (χ3v) is 8.27. The number of piperidine rings is 1. The average molecular weight is 343 g/mol. The van der Waals surface area contributed by atoms with Crippen molar-refractivity contribution < 1.29 is 13.2 Å². The molecule has 2 saturated carbocycles. The molecule has 3 aliphatic rings. The molecule has 0 radical (unpaired) electrons. The SMILES string of the molecule is CCS(=O)(=O)N(C)C1CCN(C(=O)C2C3CCC(C3)C2N)CC1. The van der Waals surface area contributed by atoms with Crippen LogP contribution in [-0.4, -0.2) is 61.5 Å². The van der Waals surface area contributed by atoms with Crippen LogP contribution in [0.15, 0.2) is 0 Å². The number of likely N-dealkylation sites (tertiary alicyclic amines) is 1. The van der Waals surface area contributed by atoms with Crippen molar-refractivity contribution in [1.82, 2.24) is 9.21 Å². The van der Waals surface area contributed by atoms with E-state index in [0.29, 0.717) is 24.9 Å². The molecular formula is C16H29N3O3S. The van der Waals surface area contributed by atoms with Gasteiger partial charge in [-0.05, 0) is 50.9 Å². The molecule has 2 bridgehead atoms. The smallest absolute Gasteiger partial charge is 0.227 e. The van der Waals surface area contributed by atoms with E-state index in [4.69, 9.17) is 5.73 Å². The maximum Gasteiger partial charge on any atom is 0.227 e. The van der Waals surface area contributed by atoms with Crippen LogP contribution in [0.5, 0.6) is 0 Å². The highest BCUT2D eigenvalue weighted by Gasteiger charge is 2.50. The van der Waals surface area contributed by atoms with Crippen LogP contribution in [0, 0.1) is 17.8 Å². The van der Waals surface area contributed by atoms with Crippen LogP contribution >= 0.6 is 0 Å². The number of carbonyl (C=O) groups excluding carboxylic acids is 1. The lowest BCUT2D eigenvalue weighted by Crippen LogP contribution is -2.52. The minimum absolute atomic E-state index is 0.00223. The number of rotatable bonds is 4. The van der Waals surface area contributed by atoms with Gasteiger partial charge in [0.25, 0.3) is 0 Å². The molecule has 0 aromatic heterocycles. The lowest BCUT2D eigenvalue weighted by Gasteiger charge is -2.39. The zero-order chi connectivity index (χ0) is 16.8. The average Bonchev–Trinajstić information content (AvgIpc) is 3.14. The summed E-state index contributed by atoms with van der Waals surface area (Å²) < 4.78 is 25.5. The zero-order valence-corrected chi connectivity index (χ0v) is 15.0. The molecule has 4 atom stereocenters. The molecule has 3 rings (SSSR count). The van der Waals surface area contributed by atoms with Crippen LogP contribution in [0.3, 0.4) is 0 Å². The highest BCUT2D eigenvalue weighted by atomic mass is 32.2. The Labute approximate surface area is 139 Å². The largest absolute Gasteiger partial charge is 0.342 e. The van der Waals surface area contributed by atoms with Crippen molar-refractivity contribution in [3.63, 3.8) is 0 Å². The van der Waals surface area contributed by atoms with Crippen molar-refractivity contribution in [1.29, 1.82) is 0 Å². The van der Waals surface area contributed by atoms with Crippen molar-refractivity contribution in [3.8, 4) is 0 Å². The summed E-state index contributed by atoms with van der Waals surface area (Å²) in [4.78, 5) is 14.8. The molecule has 1 heterocycles. The maximum absolute atomic E-state index is 12.8. The van der Waals surface area contributed by atoms with E-state index in [9.17, 15) is 13.2 Å². The molecule has 1 saturated heterocycles. The molecular weight excluding hydrogens is 314 g/mol. The fourth-order valence-electron chi connectivity index (χ4n) is 4.79. The Morgan fingerprint density at radius 2 is 1.78 bits per heavy atom. The number of sulfonamides is 1. The zero-order valence-electron chi connectivity index (χ0n) is 14.1. The Bertz CT molecular complexity index is 555. The molecule has 0 spiro atoms. The standard InChI is InChI=1S/C16H29N3O3S/c1-3-23(21,22)18(2)13-6-8-19(9-7-13)16(20)14-11-4-5-12(10-11)15(14)17/h11-15H,3-10,17H2,1-2H3. The summed E-state index contributed by atoms with van der Waals surface area (Å²) in [7, 11) is -1.50. The number of amides is 1. The van der Waals surface area contributed by atoms with E-state index in [1.54, 1.807) is 14.0 Å². The molecule has 0 aromatic rings. The highest BCUT2D eigenvalue weighted by Crippen LogP contribution is 2.48. The van der Waals surface area contributed by atoms with Gasteiger partial charge in [-0.3, -0.25) is 4.79 Å². The first-order chi connectivity index (χ1) is 10.8. The molecule has 1 aliphatic heterocycles. The number of nitrogens with two attached hydrogens (primary N) is 1. The van der Waals surface area contributed by atoms with Gasteiger partial charge in [0.05, 0.1) is 11.7 Å². The summed E-state index contributed by atoms with van der Waals surface area (Å²) in [6.45, 7) is 2.96. The van der Waals surface area contributed by atoms with Gasteiger partial charge < -0.3 is 10.6 Å². The summed E-state index contributed by atoms with van der Waals surface area (Å²) in [5, 5.41) is 0. The first-order valence-electron chi connectivity index (χ1n) is 8.85. The second kappa shape index (κ2) is 6.33. The molecule has 0 aromatic carbocycles. The summed E-state index contributed by atoms with van der Waals surface area (Å²) in [5.74, 6) is 1.35. The van der Waals surface area contributed by atoms with Crippen molar-refractivity contribution in [2.45, 2.75) is 51.1 Å². The van der Waals surface area contributed by atoms with Gasteiger partial charge in [0, 0.05) is 32.2 Å². The fourth-order valence-corrected chi connectivity index (χ4v) is 5.87. The molecule has 6 nitrogen and oxygen atoms in total. The van der Waals surface area contributed by atoms with Gasteiger partial charge in [0.1, 0.15) is 0 Å². The predicted molar refractivity (Wildman–Crippen MR) is 89.1 cm³/mol. The Morgan fingerprint density at radius 3 is 2.30 bits per heavy atom. The second-order valence-electron chi connectivity index (χ2n) is 7.41. The van der Waals surface area contributed by atoms with Crippen LogP contribution in [0.2, 0.25) is 0 Å². The van der Waals surface area contributed by atoms with Crippen LogP contribution in [0.1, 0.15) is 39.0 Å². The molecule has 7 heteroatoms. The number of hydrogen-bond acceptors (Lipinski definition) is 4. The molecule has 3 fully saturated rings. The number of carbonyl (C=O) groups is 1. The Kier molecular flexibility index (Phi) is 4.73. The molecule has 1 amide bonds. The number of nitrogens with zero attached hydrogens (tertiary/aromatic N) is 2. The Balaban J connectivity index is 1.58. The molecule has 4 unspecified atom stereocenters. The quantitative estimate of drug-likeness (QED) is 0.811. The van der Waals surface area contributed by atoms with E-state index >= 15 is 0 Å². The first kappa shape index (κ1) is 17.2. The predicted octanol–water partition coefficient (Wildman–Crippen LogP) is 0.632. The van der Waals surface area contributed by atoms with E-state index in [1.807, 2.05) is 4.90 Å². The highest BCUT2D eigenvalue weighted by molar-refractivity contribution is 7.89. The van der Waals surface area contributed by atoms with E-state index in [0.717, 1.165) is 25.7 Å². The van der Waals surface area contributed by atoms with Crippen LogP contribution in [-0.2, 0) is 14.8 Å². The summed E-state index contributed by atoms with van der Waals surface area (Å²) in [6.07, 6.45) is 4.88. The van der Waals surface area contributed by atoms with E-state index in [1.165, 1.54) is 10.7 Å².